The maximum absolute atomic E-state index is 8.96. The number of aromatic nitrogens is 2. The van der Waals surface area contributed by atoms with Crippen LogP contribution in [0.1, 0.15) is 40.5 Å². The van der Waals surface area contributed by atoms with Gasteiger partial charge in [0.15, 0.2) is 0 Å². The lowest BCUT2D eigenvalue weighted by Gasteiger charge is -2.33. The highest BCUT2D eigenvalue weighted by molar-refractivity contribution is 6.61. The molecule has 0 radical (unpaired) electrons. The zero-order valence-corrected chi connectivity index (χ0v) is 15.7. The molecule has 7 nitrogen and oxygen atoms in total. The van der Waals surface area contributed by atoms with Crippen molar-refractivity contribution in [2.24, 2.45) is 0 Å². The maximum Gasteiger partial charge on any atom is 0.498 e. The van der Waals surface area contributed by atoms with Gasteiger partial charge >= 0.3 is 7.12 Å². The number of nitrogens with zero attached hydrogens (tertiary/aromatic N) is 3. The largest absolute Gasteiger partial charge is 0.498 e. The van der Waals surface area contributed by atoms with Gasteiger partial charge in [-0.15, -0.1) is 0 Å². The Labute approximate surface area is 150 Å². The molecule has 0 aromatic carbocycles. The van der Waals surface area contributed by atoms with Crippen LogP contribution in [0.25, 0.3) is 0 Å². The van der Waals surface area contributed by atoms with E-state index in [4.69, 9.17) is 14.4 Å². The van der Waals surface area contributed by atoms with Crippen LogP contribution in [-0.4, -0.2) is 65.7 Å². The number of nitrogens with one attached hydrogen (secondary N) is 1. The van der Waals surface area contributed by atoms with E-state index in [9.17, 15) is 0 Å². The summed E-state index contributed by atoms with van der Waals surface area (Å²) in [6, 6.07) is 0.368. The number of hydrogen-bond donors (Lipinski definition) is 2. The van der Waals surface area contributed by atoms with Crippen molar-refractivity contribution in [1.82, 2.24) is 15.3 Å². The third-order valence-corrected chi connectivity index (χ3v) is 5.43. The minimum absolute atomic E-state index is 0.162. The minimum Gasteiger partial charge on any atom is -0.399 e. The second-order valence-corrected chi connectivity index (χ2v) is 7.87. The quantitative estimate of drug-likeness (QED) is 0.742. The van der Waals surface area contributed by atoms with Gasteiger partial charge in [0, 0.05) is 43.5 Å². The Kier molecular flexibility index (Phi) is 5.34. The van der Waals surface area contributed by atoms with E-state index in [1.165, 1.54) is 0 Å². The van der Waals surface area contributed by atoms with Crippen molar-refractivity contribution in [3.8, 4) is 0 Å². The molecule has 1 aromatic rings. The Morgan fingerprint density at radius 1 is 1.24 bits per heavy atom. The highest BCUT2D eigenvalue weighted by Crippen LogP contribution is 2.36. The van der Waals surface area contributed by atoms with Crippen LogP contribution in [0.4, 0.5) is 5.95 Å². The monoisotopic (exact) mass is 348 g/mol. The number of piperidine rings is 1. The molecule has 1 unspecified atom stereocenters. The molecule has 0 bridgehead atoms. The minimum atomic E-state index is -0.431. The summed E-state index contributed by atoms with van der Waals surface area (Å²) in [6.07, 6.45) is 5.80. The normalized spacial score (nSPS) is 25.4. The fourth-order valence-electron chi connectivity index (χ4n) is 3.19. The van der Waals surface area contributed by atoms with E-state index in [2.05, 4.69) is 20.2 Å². The predicted molar refractivity (Wildman–Crippen MR) is 98.1 cm³/mol. The van der Waals surface area contributed by atoms with E-state index in [0.717, 1.165) is 37.3 Å². The first-order valence-electron chi connectivity index (χ1n) is 9.09. The van der Waals surface area contributed by atoms with E-state index in [1.54, 1.807) is 12.4 Å². The average Bonchev–Trinajstić information content (AvgIpc) is 2.81. The second kappa shape index (κ2) is 7.19. The fourth-order valence-corrected chi connectivity index (χ4v) is 3.19. The molecule has 2 aliphatic heterocycles. The van der Waals surface area contributed by atoms with Gasteiger partial charge in [-0.05, 0) is 40.5 Å². The third-order valence-electron chi connectivity index (χ3n) is 5.43. The molecule has 138 valence electrons. The first-order chi connectivity index (χ1) is 11.8. The van der Waals surface area contributed by atoms with Crippen molar-refractivity contribution in [2.75, 3.05) is 31.1 Å². The van der Waals surface area contributed by atoms with Gasteiger partial charge in [-0.1, -0.05) is 0 Å². The third kappa shape index (κ3) is 3.97. The summed E-state index contributed by atoms with van der Waals surface area (Å²) in [4.78, 5) is 11.3. The van der Waals surface area contributed by atoms with Gasteiger partial charge in [0.05, 0.1) is 17.8 Å². The molecule has 8 heteroatoms. The second-order valence-electron chi connectivity index (χ2n) is 7.87. The molecule has 2 saturated heterocycles. The smallest absolute Gasteiger partial charge is 0.399 e. The van der Waals surface area contributed by atoms with E-state index in [0.29, 0.717) is 12.6 Å². The molecule has 0 saturated carbocycles. The van der Waals surface area contributed by atoms with Crippen molar-refractivity contribution in [3.63, 3.8) is 0 Å². The Morgan fingerprint density at radius 2 is 1.88 bits per heavy atom. The molecule has 1 atom stereocenters. The van der Waals surface area contributed by atoms with Crippen LogP contribution in [0, 0.1) is 0 Å². The van der Waals surface area contributed by atoms with Gasteiger partial charge in [-0.2, -0.15) is 0 Å². The SMILES string of the molecule is CC1(C)OB(c2cnc(N3CCCC(NCCO)C3)nc2)OC1(C)C. The predicted octanol–water partition coefficient (Wildman–Crippen LogP) is 0.327. The van der Waals surface area contributed by atoms with Gasteiger partial charge in [0.1, 0.15) is 0 Å². The van der Waals surface area contributed by atoms with Gasteiger partial charge < -0.3 is 24.6 Å². The molecule has 2 aliphatic rings. The van der Waals surface area contributed by atoms with Crippen LogP contribution < -0.4 is 15.7 Å². The number of rotatable bonds is 5. The van der Waals surface area contributed by atoms with Crippen molar-refractivity contribution in [2.45, 2.75) is 57.8 Å². The van der Waals surface area contributed by atoms with Gasteiger partial charge in [-0.3, -0.25) is 0 Å². The first-order valence-corrected chi connectivity index (χ1v) is 9.09. The van der Waals surface area contributed by atoms with Crippen molar-refractivity contribution < 1.29 is 14.4 Å². The molecule has 3 heterocycles. The average molecular weight is 348 g/mol. The highest BCUT2D eigenvalue weighted by atomic mass is 16.7. The Hall–Kier alpha value is -1.22. The molecular weight excluding hydrogens is 319 g/mol. The summed E-state index contributed by atoms with van der Waals surface area (Å²) in [5.41, 5.74) is 0.109. The fraction of sp³-hybridized carbons (Fsp3) is 0.765. The highest BCUT2D eigenvalue weighted by Gasteiger charge is 2.52. The lowest BCUT2D eigenvalue weighted by atomic mass is 9.81. The summed E-state index contributed by atoms with van der Waals surface area (Å²) in [5.74, 6) is 0.732. The number of anilines is 1. The van der Waals surface area contributed by atoms with Crippen LogP contribution >= 0.6 is 0 Å². The Balaban J connectivity index is 1.65. The molecule has 0 aliphatic carbocycles. The zero-order valence-electron chi connectivity index (χ0n) is 15.7. The molecular formula is C17H29BN4O3. The summed E-state index contributed by atoms with van der Waals surface area (Å²) in [6.45, 7) is 10.7. The van der Waals surface area contributed by atoms with Crippen molar-refractivity contribution in [3.05, 3.63) is 12.4 Å². The molecule has 3 rings (SSSR count). The molecule has 1 aromatic heterocycles. The maximum atomic E-state index is 8.96. The van der Waals surface area contributed by atoms with Crippen LogP contribution in [-0.2, 0) is 9.31 Å². The van der Waals surface area contributed by atoms with Crippen LogP contribution in [0.15, 0.2) is 12.4 Å². The number of aliphatic hydroxyl groups is 1. The molecule has 2 fully saturated rings. The molecule has 0 amide bonds. The van der Waals surface area contributed by atoms with Gasteiger partial charge in [0.2, 0.25) is 5.95 Å². The zero-order chi connectivity index (χ0) is 18.1. The Bertz CT molecular complexity index is 566. The lowest BCUT2D eigenvalue weighted by molar-refractivity contribution is 0.00578. The number of aliphatic hydroxyl groups excluding tert-OH is 1. The summed E-state index contributed by atoms with van der Waals surface area (Å²) in [5, 5.41) is 12.3. The number of hydrogen-bond acceptors (Lipinski definition) is 7. The molecule has 25 heavy (non-hydrogen) atoms. The summed E-state index contributed by atoms with van der Waals surface area (Å²) >= 11 is 0. The van der Waals surface area contributed by atoms with Crippen molar-refractivity contribution in [1.29, 1.82) is 0 Å². The molecule has 0 spiro atoms. The van der Waals surface area contributed by atoms with Crippen LogP contribution in [0.2, 0.25) is 0 Å². The summed E-state index contributed by atoms with van der Waals surface area (Å²) < 4.78 is 12.1. The van der Waals surface area contributed by atoms with E-state index >= 15 is 0 Å². The standard InChI is InChI=1S/C17H29BN4O3/c1-16(2)17(3,4)25-18(24-16)13-10-20-15(21-11-13)22-8-5-6-14(12-22)19-7-9-23/h10-11,14,19,23H,5-9,12H2,1-4H3. The Morgan fingerprint density at radius 3 is 2.48 bits per heavy atom. The van der Waals surface area contributed by atoms with Gasteiger partial charge in [-0.25, -0.2) is 9.97 Å². The van der Waals surface area contributed by atoms with E-state index in [1.807, 2.05) is 27.7 Å². The summed E-state index contributed by atoms with van der Waals surface area (Å²) in [7, 11) is -0.431. The molecule has 2 N–H and O–H groups in total. The van der Waals surface area contributed by atoms with Gasteiger partial charge in [0.25, 0.3) is 0 Å². The van der Waals surface area contributed by atoms with Crippen LogP contribution in [0.3, 0.4) is 0 Å². The van der Waals surface area contributed by atoms with Crippen molar-refractivity contribution >= 4 is 18.5 Å². The topological polar surface area (TPSA) is 79.7 Å². The first kappa shape index (κ1) is 18.6. The van der Waals surface area contributed by atoms with E-state index < -0.39 is 7.12 Å². The van der Waals surface area contributed by atoms with Crippen LogP contribution in [0.5, 0.6) is 0 Å². The van der Waals surface area contributed by atoms with E-state index in [-0.39, 0.29) is 17.8 Å². The lowest BCUT2D eigenvalue weighted by Crippen LogP contribution is -2.47.